The zero-order valence-corrected chi connectivity index (χ0v) is 17.1. The predicted octanol–water partition coefficient (Wildman–Crippen LogP) is 2.45. The third-order valence-corrected chi connectivity index (χ3v) is 4.64. The minimum atomic E-state index is -4.53. The molecule has 0 spiro atoms. The van der Waals surface area contributed by atoms with Gasteiger partial charge in [-0.05, 0) is 36.8 Å². The zero-order valence-electron chi connectivity index (χ0n) is 17.1. The molecule has 1 aromatic heterocycles. The summed E-state index contributed by atoms with van der Waals surface area (Å²) in [6.45, 7) is 1.50. The molecule has 2 heterocycles. The third kappa shape index (κ3) is 5.59. The number of hydrogen-bond donors (Lipinski definition) is 3. The van der Waals surface area contributed by atoms with Crippen molar-refractivity contribution in [1.29, 1.82) is 0 Å². The molecule has 170 valence electrons. The van der Waals surface area contributed by atoms with Crippen LogP contribution in [-0.4, -0.2) is 46.3 Å². The normalized spacial score (nSPS) is 18.2. The van der Waals surface area contributed by atoms with E-state index in [-0.39, 0.29) is 30.5 Å². The first-order valence-corrected chi connectivity index (χ1v) is 9.06. The summed E-state index contributed by atoms with van der Waals surface area (Å²) < 4.78 is 37.9. The highest BCUT2D eigenvalue weighted by Gasteiger charge is 2.36. The number of carbonyl (C=O) groups is 3. The van der Waals surface area contributed by atoms with Gasteiger partial charge in [0.2, 0.25) is 5.91 Å². The number of nitrogens with zero attached hydrogens (tertiary/aromatic N) is 3. The number of guanidine groups is 1. The topological polar surface area (TPSA) is 138 Å². The summed E-state index contributed by atoms with van der Waals surface area (Å²) in [6.07, 6.45) is -3.82. The summed E-state index contributed by atoms with van der Waals surface area (Å²) in [5.74, 6) is -0.765. The number of nitrogens with one attached hydrogen (secondary N) is 1. The van der Waals surface area contributed by atoms with Crippen molar-refractivity contribution in [2.45, 2.75) is 25.1 Å². The second kappa shape index (κ2) is 9.45. The van der Waals surface area contributed by atoms with Gasteiger partial charge in [0.15, 0.2) is 5.96 Å². The number of alkyl halides is 3. The molecule has 3 rings (SSSR count). The van der Waals surface area contributed by atoms with Crippen LogP contribution in [0.3, 0.4) is 0 Å². The maximum atomic E-state index is 12.6. The van der Waals surface area contributed by atoms with E-state index in [0.717, 1.165) is 12.1 Å². The van der Waals surface area contributed by atoms with Gasteiger partial charge in [-0.25, -0.2) is 4.99 Å². The molecule has 0 unspecified atom stereocenters. The van der Waals surface area contributed by atoms with Crippen molar-refractivity contribution in [2.75, 3.05) is 12.4 Å². The number of pyridine rings is 1. The largest absolute Gasteiger partial charge is 0.483 e. The Morgan fingerprint density at radius 3 is 2.50 bits per heavy atom. The summed E-state index contributed by atoms with van der Waals surface area (Å²) in [5.41, 5.74) is 4.85. The Morgan fingerprint density at radius 1 is 1.31 bits per heavy atom. The molecule has 9 nitrogen and oxygen atoms in total. The molecule has 0 saturated carbocycles. The molecule has 1 aromatic carbocycles. The number of aliphatic imine (C=N–C) groups is 1. The fourth-order valence-electron chi connectivity index (χ4n) is 2.90. The summed E-state index contributed by atoms with van der Waals surface area (Å²) >= 11 is 0. The lowest BCUT2D eigenvalue weighted by atomic mass is 9.87. The summed E-state index contributed by atoms with van der Waals surface area (Å²) in [7, 11) is 1.54. The number of benzene rings is 1. The maximum Gasteiger partial charge on any atom is 0.417 e. The Kier molecular flexibility index (Phi) is 7.18. The molecule has 1 aliphatic heterocycles. The minimum Gasteiger partial charge on any atom is -0.483 e. The molecule has 0 aliphatic carbocycles. The van der Waals surface area contributed by atoms with Crippen LogP contribution >= 0.6 is 0 Å². The highest BCUT2D eigenvalue weighted by molar-refractivity contribution is 6.03. The highest BCUT2D eigenvalue weighted by atomic mass is 19.4. The van der Waals surface area contributed by atoms with E-state index in [4.69, 9.17) is 15.6 Å². The number of nitrogens with two attached hydrogens (primary N) is 1. The van der Waals surface area contributed by atoms with Crippen molar-refractivity contribution in [2.24, 2.45) is 10.7 Å². The van der Waals surface area contributed by atoms with Crippen LogP contribution in [-0.2, 0) is 21.3 Å². The van der Waals surface area contributed by atoms with Gasteiger partial charge in [0.25, 0.3) is 12.4 Å². The van der Waals surface area contributed by atoms with Gasteiger partial charge in [-0.3, -0.25) is 24.3 Å². The van der Waals surface area contributed by atoms with E-state index < -0.39 is 23.2 Å². The third-order valence-electron chi connectivity index (χ3n) is 4.64. The number of amides is 2. The van der Waals surface area contributed by atoms with Crippen LogP contribution in [0.15, 0.2) is 47.6 Å². The molecule has 0 saturated heterocycles. The average molecular weight is 451 g/mol. The number of rotatable bonds is 3. The molecular formula is C20H20F3N5O4. The number of hydrogen-bond acceptors (Lipinski definition) is 6. The molecule has 1 atom stereocenters. The van der Waals surface area contributed by atoms with E-state index in [1.807, 2.05) is 0 Å². The molecule has 32 heavy (non-hydrogen) atoms. The average Bonchev–Trinajstić information content (AvgIpc) is 2.72. The molecule has 2 aromatic rings. The second-order valence-corrected chi connectivity index (χ2v) is 6.94. The Balaban J connectivity index is 0.00000114. The van der Waals surface area contributed by atoms with Crippen molar-refractivity contribution in [3.8, 4) is 0 Å². The smallest absolute Gasteiger partial charge is 0.417 e. The van der Waals surface area contributed by atoms with Crippen LogP contribution < -0.4 is 11.1 Å². The van der Waals surface area contributed by atoms with Gasteiger partial charge < -0.3 is 16.2 Å². The van der Waals surface area contributed by atoms with Crippen LogP contribution in [0.5, 0.6) is 0 Å². The Bertz CT molecular complexity index is 1040. The lowest BCUT2D eigenvalue weighted by Gasteiger charge is -2.33. The van der Waals surface area contributed by atoms with E-state index in [1.54, 1.807) is 31.2 Å². The predicted molar refractivity (Wildman–Crippen MR) is 109 cm³/mol. The van der Waals surface area contributed by atoms with Crippen LogP contribution in [0.25, 0.3) is 0 Å². The molecular weight excluding hydrogens is 431 g/mol. The lowest BCUT2D eigenvalue weighted by Crippen LogP contribution is -2.47. The monoisotopic (exact) mass is 451 g/mol. The summed E-state index contributed by atoms with van der Waals surface area (Å²) in [4.78, 5) is 42.1. The van der Waals surface area contributed by atoms with Crippen molar-refractivity contribution in [1.82, 2.24) is 9.88 Å². The van der Waals surface area contributed by atoms with Crippen LogP contribution in [0, 0.1) is 0 Å². The van der Waals surface area contributed by atoms with Crippen LogP contribution in [0.4, 0.5) is 18.9 Å². The van der Waals surface area contributed by atoms with E-state index in [0.29, 0.717) is 17.4 Å². The zero-order chi connectivity index (χ0) is 24.1. The molecule has 0 bridgehead atoms. The first-order chi connectivity index (χ1) is 14.9. The molecule has 4 N–H and O–H groups in total. The second-order valence-electron chi connectivity index (χ2n) is 6.94. The molecule has 12 heteroatoms. The van der Waals surface area contributed by atoms with Crippen molar-refractivity contribution in [3.05, 3.63) is 59.4 Å². The van der Waals surface area contributed by atoms with Crippen LogP contribution in [0.2, 0.25) is 0 Å². The lowest BCUT2D eigenvalue weighted by molar-refractivity contribution is -0.138. The maximum absolute atomic E-state index is 12.6. The van der Waals surface area contributed by atoms with E-state index in [9.17, 15) is 22.8 Å². The Labute approximate surface area is 180 Å². The van der Waals surface area contributed by atoms with Crippen LogP contribution in [0.1, 0.15) is 35.0 Å². The molecule has 0 radical (unpaired) electrons. The highest BCUT2D eigenvalue weighted by Crippen LogP contribution is 2.34. The van der Waals surface area contributed by atoms with Gasteiger partial charge in [-0.15, -0.1) is 0 Å². The van der Waals surface area contributed by atoms with Gasteiger partial charge in [-0.2, -0.15) is 13.2 Å². The number of anilines is 1. The Morgan fingerprint density at radius 2 is 1.97 bits per heavy atom. The molecule has 1 aliphatic rings. The number of carbonyl (C=O) groups excluding carboxylic acids is 2. The van der Waals surface area contributed by atoms with E-state index in [2.05, 4.69) is 15.3 Å². The molecule has 2 amide bonds. The van der Waals surface area contributed by atoms with E-state index in [1.165, 1.54) is 11.9 Å². The van der Waals surface area contributed by atoms with Gasteiger partial charge in [0, 0.05) is 18.9 Å². The first-order valence-electron chi connectivity index (χ1n) is 9.06. The number of carboxylic acid groups (broad SMARTS) is 1. The standard InChI is InChI=1S/C19H18F3N5O2.CH2O2/c1-18(9-15(28)27(2)17(23)26-18)11-4-3-5-13(8-11)25-16(29)14-7-6-12(10-24-14)19(20,21)22;2-1-3/h3-8,10H,9H2,1-2H3,(H2,23,26)(H,25,29);1H,(H,2,3)/t18-;/m0./s1. The summed E-state index contributed by atoms with van der Waals surface area (Å²) in [6, 6.07) is 8.47. The quantitative estimate of drug-likeness (QED) is 0.613. The van der Waals surface area contributed by atoms with Crippen molar-refractivity contribution >= 4 is 29.9 Å². The fourth-order valence-corrected chi connectivity index (χ4v) is 2.90. The minimum absolute atomic E-state index is 0.0899. The van der Waals surface area contributed by atoms with E-state index >= 15 is 0 Å². The van der Waals surface area contributed by atoms with Gasteiger partial charge >= 0.3 is 6.18 Å². The molecule has 0 fully saturated rings. The SMILES string of the molecule is CN1C(=O)C[C@@](C)(c2cccc(NC(=O)c3ccc(C(F)(F)F)cn3)c2)N=C1N.O=CO. The first kappa shape index (κ1) is 24.3. The van der Waals surface area contributed by atoms with Crippen molar-refractivity contribution < 1.29 is 32.7 Å². The number of aromatic nitrogens is 1. The summed E-state index contributed by atoms with van der Waals surface area (Å²) in [5, 5.41) is 9.48. The fraction of sp³-hybridized carbons (Fsp3) is 0.250. The van der Waals surface area contributed by atoms with Gasteiger partial charge in [-0.1, -0.05) is 12.1 Å². The van der Waals surface area contributed by atoms with Crippen molar-refractivity contribution in [3.63, 3.8) is 0 Å². The van der Waals surface area contributed by atoms with Gasteiger partial charge in [0.05, 0.1) is 17.5 Å². The Hall–Kier alpha value is -3.96. The number of halogens is 3. The van der Waals surface area contributed by atoms with Gasteiger partial charge in [0.1, 0.15) is 5.69 Å².